The molecule has 0 atom stereocenters. The second-order valence-corrected chi connectivity index (χ2v) is 7.07. The van der Waals surface area contributed by atoms with Gasteiger partial charge in [-0.3, -0.25) is 0 Å². The molecule has 0 aliphatic carbocycles. The van der Waals surface area contributed by atoms with Gasteiger partial charge >= 0.3 is 6.18 Å². The van der Waals surface area contributed by atoms with Crippen molar-refractivity contribution in [3.63, 3.8) is 0 Å². The van der Waals surface area contributed by atoms with Crippen LogP contribution >= 0.6 is 24.0 Å². The molecule has 5 nitrogen and oxygen atoms in total. The minimum Gasteiger partial charge on any atom is -0.357 e. The lowest BCUT2D eigenvalue weighted by Crippen LogP contribution is -2.37. The molecular weight excluding hydrogens is 525 g/mol. The third kappa shape index (κ3) is 7.22. The Morgan fingerprint density at radius 2 is 1.87 bits per heavy atom. The summed E-state index contributed by atoms with van der Waals surface area (Å²) in [6, 6.07) is 6.58. The van der Waals surface area contributed by atoms with Crippen molar-refractivity contribution in [1.82, 2.24) is 15.6 Å². The fourth-order valence-electron chi connectivity index (χ4n) is 3.30. The maximum atomic E-state index is 13.3. The Kier molecular flexibility index (Phi) is 9.32. The minimum atomic E-state index is -4.63. The zero-order valence-electron chi connectivity index (χ0n) is 17.2. The van der Waals surface area contributed by atoms with Crippen molar-refractivity contribution in [3.8, 4) is 0 Å². The molecule has 2 N–H and O–H groups in total. The van der Waals surface area contributed by atoms with E-state index in [0.29, 0.717) is 25.1 Å². The van der Waals surface area contributed by atoms with Crippen molar-refractivity contribution in [2.24, 2.45) is 4.99 Å². The first-order valence-corrected chi connectivity index (χ1v) is 9.94. The number of nitrogens with zero attached hydrogens (tertiary/aromatic N) is 3. The first kappa shape index (κ1) is 25.2. The topological polar surface area (TPSA) is 52.6 Å². The molecule has 1 aliphatic heterocycles. The van der Waals surface area contributed by atoms with E-state index in [-0.39, 0.29) is 36.1 Å². The van der Waals surface area contributed by atoms with Crippen LogP contribution in [-0.4, -0.2) is 30.6 Å². The number of aromatic nitrogens is 1. The molecular formula is C21H26F4IN5. The Balaban J connectivity index is 0.00000341. The molecule has 31 heavy (non-hydrogen) atoms. The molecule has 0 bridgehead atoms. The maximum absolute atomic E-state index is 13.3. The Morgan fingerprint density at radius 3 is 2.48 bits per heavy atom. The highest BCUT2D eigenvalue weighted by Crippen LogP contribution is 2.32. The van der Waals surface area contributed by atoms with E-state index in [1.54, 1.807) is 6.20 Å². The molecule has 1 fully saturated rings. The van der Waals surface area contributed by atoms with Crippen LogP contribution in [0.2, 0.25) is 0 Å². The lowest BCUT2D eigenvalue weighted by atomic mass is 10.1. The molecule has 0 saturated carbocycles. The molecule has 0 amide bonds. The van der Waals surface area contributed by atoms with E-state index in [4.69, 9.17) is 0 Å². The molecule has 1 aromatic carbocycles. The van der Waals surface area contributed by atoms with Gasteiger partial charge < -0.3 is 15.5 Å². The molecule has 1 aromatic heterocycles. The second-order valence-electron chi connectivity index (χ2n) is 7.07. The Hall–Kier alpha value is -2.11. The number of alkyl halides is 3. The van der Waals surface area contributed by atoms with Crippen LogP contribution < -0.4 is 15.5 Å². The number of nitrogens with one attached hydrogen (secondary N) is 2. The van der Waals surface area contributed by atoms with Gasteiger partial charge in [0.15, 0.2) is 5.96 Å². The van der Waals surface area contributed by atoms with Gasteiger partial charge in [-0.1, -0.05) is 12.1 Å². The highest BCUT2D eigenvalue weighted by atomic mass is 127. The quantitative estimate of drug-likeness (QED) is 0.237. The fraction of sp³-hybridized carbons (Fsp3) is 0.429. The average molecular weight is 551 g/mol. The summed E-state index contributed by atoms with van der Waals surface area (Å²) in [7, 11) is 0. The van der Waals surface area contributed by atoms with E-state index < -0.39 is 17.6 Å². The van der Waals surface area contributed by atoms with Gasteiger partial charge in [-0.2, -0.15) is 13.2 Å². The Bertz CT molecular complexity index is 865. The molecule has 0 radical (unpaired) electrons. The van der Waals surface area contributed by atoms with Crippen molar-refractivity contribution < 1.29 is 17.6 Å². The number of aliphatic imine (C=N–C) groups is 1. The summed E-state index contributed by atoms with van der Waals surface area (Å²) in [6.07, 6.45) is -0.509. The normalized spacial score (nSPS) is 14.4. The molecule has 2 heterocycles. The molecule has 1 saturated heterocycles. The average Bonchev–Trinajstić information content (AvgIpc) is 3.25. The van der Waals surface area contributed by atoms with Crippen molar-refractivity contribution in [3.05, 3.63) is 59.0 Å². The molecule has 1 aliphatic rings. The Labute approximate surface area is 196 Å². The zero-order valence-corrected chi connectivity index (χ0v) is 19.5. The molecule has 2 aromatic rings. The smallest absolute Gasteiger partial charge is 0.357 e. The summed E-state index contributed by atoms with van der Waals surface area (Å²) in [4.78, 5) is 11.1. The largest absolute Gasteiger partial charge is 0.416 e. The van der Waals surface area contributed by atoms with Gasteiger partial charge in [-0.05, 0) is 49.1 Å². The van der Waals surface area contributed by atoms with Crippen LogP contribution in [0.5, 0.6) is 0 Å². The van der Waals surface area contributed by atoms with E-state index in [1.807, 2.05) is 19.1 Å². The first-order valence-electron chi connectivity index (χ1n) is 9.94. The van der Waals surface area contributed by atoms with Gasteiger partial charge in [0, 0.05) is 32.4 Å². The summed E-state index contributed by atoms with van der Waals surface area (Å²) >= 11 is 0. The third-order valence-corrected chi connectivity index (χ3v) is 4.83. The van der Waals surface area contributed by atoms with Gasteiger partial charge in [0.2, 0.25) is 0 Å². The third-order valence-electron chi connectivity index (χ3n) is 4.83. The minimum absolute atomic E-state index is 0. The number of pyridine rings is 1. The van der Waals surface area contributed by atoms with Crippen LogP contribution in [0.15, 0.2) is 41.5 Å². The van der Waals surface area contributed by atoms with E-state index in [1.165, 1.54) is 12.8 Å². The number of hydrogen-bond acceptors (Lipinski definition) is 3. The van der Waals surface area contributed by atoms with Crippen LogP contribution in [0.25, 0.3) is 0 Å². The number of anilines is 1. The highest BCUT2D eigenvalue weighted by Gasteiger charge is 2.33. The predicted molar refractivity (Wildman–Crippen MR) is 124 cm³/mol. The van der Waals surface area contributed by atoms with Crippen molar-refractivity contribution >= 4 is 35.8 Å². The summed E-state index contributed by atoms with van der Waals surface area (Å²) in [6.45, 7) is 4.64. The van der Waals surface area contributed by atoms with Crippen LogP contribution in [0, 0.1) is 5.82 Å². The van der Waals surface area contributed by atoms with Crippen LogP contribution in [0.1, 0.15) is 36.5 Å². The standard InChI is InChI=1S/C21H25F4N5.HI/c1-2-26-20(29-14-16-6-7-17(22)11-18(16)21(23,24)25)28-13-15-5-8-19(27-12-15)30-9-3-4-10-30;/h5-8,11-12H,2-4,9-10,13-14H2,1H3,(H2,26,28,29);1H. The van der Waals surface area contributed by atoms with Gasteiger partial charge in [-0.25, -0.2) is 14.4 Å². The van der Waals surface area contributed by atoms with Crippen LogP contribution in [0.3, 0.4) is 0 Å². The number of halogens is 5. The SMILES string of the molecule is CCNC(=NCc1ccc(N2CCCC2)nc1)NCc1ccc(F)cc1C(F)(F)F.I. The van der Waals surface area contributed by atoms with E-state index in [9.17, 15) is 17.6 Å². The van der Waals surface area contributed by atoms with Gasteiger partial charge in [0.1, 0.15) is 11.6 Å². The molecule has 10 heteroatoms. The summed E-state index contributed by atoms with van der Waals surface area (Å²) < 4.78 is 52.8. The van der Waals surface area contributed by atoms with Gasteiger partial charge in [-0.15, -0.1) is 24.0 Å². The summed E-state index contributed by atoms with van der Waals surface area (Å²) in [5, 5.41) is 5.89. The maximum Gasteiger partial charge on any atom is 0.416 e. The van der Waals surface area contributed by atoms with Crippen molar-refractivity contribution in [1.29, 1.82) is 0 Å². The van der Waals surface area contributed by atoms with Gasteiger partial charge in [0.05, 0.1) is 12.1 Å². The lowest BCUT2D eigenvalue weighted by Gasteiger charge is -2.16. The number of guanidine groups is 1. The van der Waals surface area contributed by atoms with Crippen LogP contribution in [-0.2, 0) is 19.3 Å². The first-order chi connectivity index (χ1) is 14.4. The van der Waals surface area contributed by atoms with E-state index in [2.05, 4.69) is 25.5 Å². The van der Waals surface area contributed by atoms with Gasteiger partial charge in [0.25, 0.3) is 0 Å². The molecule has 3 rings (SSSR count). The zero-order chi connectivity index (χ0) is 21.6. The predicted octanol–water partition coefficient (Wildman–Crippen LogP) is 4.71. The Morgan fingerprint density at radius 1 is 1.13 bits per heavy atom. The number of hydrogen-bond donors (Lipinski definition) is 2. The van der Waals surface area contributed by atoms with Crippen molar-refractivity contribution in [2.75, 3.05) is 24.5 Å². The second kappa shape index (κ2) is 11.5. The van der Waals surface area contributed by atoms with Crippen molar-refractivity contribution in [2.45, 2.75) is 39.0 Å². The summed E-state index contributed by atoms with van der Waals surface area (Å²) in [5.74, 6) is 0.399. The van der Waals surface area contributed by atoms with Crippen LogP contribution in [0.4, 0.5) is 23.4 Å². The molecule has 170 valence electrons. The van der Waals surface area contributed by atoms with E-state index >= 15 is 0 Å². The lowest BCUT2D eigenvalue weighted by molar-refractivity contribution is -0.138. The number of rotatable bonds is 6. The highest BCUT2D eigenvalue weighted by molar-refractivity contribution is 14.0. The number of benzene rings is 1. The summed E-state index contributed by atoms with van der Waals surface area (Å²) in [5.41, 5.74) is -0.147. The molecule has 0 spiro atoms. The van der Waals surface area contributed by atoms with E-state index in [0.717, 1.165) is 36.6 Å². The monoisotopic (exact) mass is 551 g/mol. The molecule has 0 unspecified atom stereocenters. The fourth-order valence-corrected chi connectivity index (χ4v) is 3.30.